The van der Waals surface area contributed by atoms with Crippen LogP contribution in [0.3, 0.4) is 0 Å². The molecule has 0 bridgehead atoms. The largest absolute Gasteiger partial charge is 0.417 e. The highest BCUT2D eigenvalue weighted by atomic mass is 19.4. The molecule has 1 heterocycles. The second-order valence-corrected chi connectivity index (χ2v) is 8.21. The number of para-hydroxylation sites is 3. The molecule has 4 aromatic carbocycles. The average Bonchev–Trinajstić information content (AvgIpc) is 3.05. The van der Waals surface area contributed by atoms with Crippen molar-refractivity contribution < 1.29 is 22.8 Å². The van der Waals surface area contributed by atoms with Crippen LogP contribution in [0.25, 0.3) is 0 Å². The number of nitrogens with zero attached hydrogens (tertiary/aromatic N) is 1. The standard InChI is InChI=1S/C28H20F3N3O2/c29-28(30,31)22-9-3-2-8-21(22)26(35)33-20-15-13-18(14-16-20)27(36)34-24-11-5-1-7-19(24)17-32-23-10-4-6-12-25(23)34/h1-16,32H,17H2,(H,33,35). The predicted molar refractivity (Wildman–Crippen MR) is 133 cm³/mol. The molecule has 0 atom stereocenters. The molecular formula is C28H20F3N3O2. The first-order valence-electron chi connectivity index (χ1n) is 11.2. The van der Waals surface area contributed by atoms with Crippen molar-refractivity contribution in [1.29, 1.82) is 0 Å². The number of amides is 2. The molecule has 0 aromatic heterocycles. The maximum Gasteiger partial charge on any atom is 0.417 e. The summed E-state index contributed by atoms with van der Waals surface area (Å²) in [5.41, 5.74) is 2.36. The zero-order valence-electron chi connectivity index (χ0n) is 18.8. The minimum atomic E-state index is -4.65. The molecule has 4 aromatic rings. The van der Waals surface area contributed by atoms with Gasteiger partial charge in [-0.05, 0) is 60.2 Å². The van der Waals surface area contributed by atoms with E-state index in [4.69, 9.17) is 0 Å². The smallest absolute Gasteiger partial charge is 0.379 e. The third kappa shape index (κ3) is 4.40. The van der Waals surface area contributed by atoms with Gasteiger partial charge in [0.15, 0.2) is 0 Å². The van der Waals surface area contributed by atoms with E-state index in [0.29, 0.717) is 17.8 Å². The number of hydrogen-bond donors (Lipinski definition) is 2. The summed E-state index contributed by atoms with van der Waals surface area (Å²) in [5, 5.41) is 5.84. The number of rotatable bonds is 3. The molecule has 0 saturated heterocycles. The number of fused-ring (bicyclic) bond motifs is 2. The molecule has 36 heavy (non-hydrogen) atoms. The number of carbonyl (C=O) groups is 2. The Hall–Kier alpha value is -4.59. The van der Waals surface area contributed by atoms with Crippen LogP contribution in [0.15, 0.2) is 97.1 Å². The molecule has 1 aliphatic heterocycles. The summed E-state index contributed by atoms with van der Waals surface area (Å²) in [6.07, 6.45) is -4.65. The monoisotopic (exact) mass is 487 g/mol. The first-order chi connectivity index (χ1) is 17.3. The number of benzene rings is 4. The van der Waals surface area contributed by atoms with Crippen molar-refractivity contribution in [2.45, 2.75) is 12.7 Å². The third-order valence-corrected chi connectivity index (χ3v) is 5.92. The zero-order chi connectivity index (χ0) is 25.3. The first kappa shape index (κ1) is 23.2. The lowest BCUT2D eigenvalue weighted by Crippen LogP contribution is -2.26. The molecule has 8 heteroatoms. The van der Waals surface area contributed by atoms with Crippen LogP contribution in [0.2, 0.25) is 0 Å². The number of hydrogen-bond acceptors (Lipinski definition) is 3. The Balaban J connectivity index is 1.43. The van der Waals surface area contributed by atoms with Crippen molar-refractivity contribution in [3.05, 3.63) is 119 Å². The van der Waals surface area contributed by atoms with Crippen molar-refractivity contribution in [3.63, 3.8) is 0 Å². The molecule has 0 spiro atoms. The Morgan fingerprint density at radius 2 is 1.42 bits per heavy atom. The molecule has 0 radical (unpaired) electrons. The van der Waals surface area contributed by atoms with E-state index < -0.39 is 23.2 Å². The van der Waals surface area contributed by atoms with Crippen LogP contribution in [0.5, 0.6) is 0 Å². The lowest BCUT2D eigenvalue weighted by atomic mass is 10.1. The summed E-state index contributed by atoms with van der Waals surface area (Å²) in [4.78, 5) is 27.9. The van der Waals surface area contributed by atoms with E-state index in [1.54, 1.807) is 4.90 Å². The fourth-order valence-corrected chi connectivity index (χ4v) is 4.19. The van der Waals surface area contributed by atoms with Gasteiger partial charge in [-0.15, -0.1) is 0 Å². The second-order valence-electron chi connectivity index (χ2n) is 8.21. The Morgan fingerprint density at radius 1 is 0.778 bits per heavy atom. The lowest BCUT2D eigenvalue weighted by molar-refractivity contribution is -0.137. The van der Waals surface area contributed by atoms with Gasteiger partial charge in [-0.1, -0.05) is 42.5 Å². The van der Waals surface area contributed by atoms with Gasteiger partial charge in [0.25, 0.3) is 11.8 Å². The lowest BCUT2D eigenvalue weighted by Gasteiger charge is -2.24. The summed E-state index contributed by atoms with van der Waals surface area (Å²) in [7, 11) is 0. The average molecular weight is 487 g/mol. The summed E-state index contributed by atoms with van der Waals surface area (Å²) in [6.45, 7) is 0.557. The fraction of sp³-hybridized carbons (Fsp3) is 0.0714. The Morgan fingerprint density at radius 3 is 2.17 bits per heavy atom. The second kappa shape index (κ2) is 9.22. The molecule has 1 aliphatic rings. The topological polar surface area (TPSA) is 61.4 Å². The molecule has 2 amide bonds. The van der Waals surface area contributed by atoms with Gasteiger partial charge in [0.1, 0.15) is 0 Å². The normalized spacial score (nSPS) is 12.6. The molecule has 5 nitrogen and oxygen atoms in total. The highest BCUT2D eigenvalue weighted by Crippen LogP contribution is 2.39. The van der Waals surface area contributed by atoms with Gasteiger partial charge in [-0.2, -0.15) is 13.2 Å². The van der Waals surface area contributed by atoms with Crippen molar-refractivity contribution >= 4 is 34.6 Å². The Kier molecular flexibility index (Phi) is 5.93. The van der Waals surface area contributed by atoms with E-state index in [2.05, 4.69) is 10.6 Å². The van der Waals surface area contributed by atoms with E-state index in [1.165, 1.54) is 36.4 Å². The summed E-state index contributed by atoms with van der Waals surface area (Å²) >= 11 is 0. The van der Waals surface area contributed by atoms with E-state index in [9.17, 15) is 22.8 Å². The number of carbonyl (C=O) groups excluding carboxylic acids is 2. The number of nitrogens with one attached hydrogen (secondary N) is 2. The number of anilines is 4. The third-order valence-electron chi connectivity index (χ3n) is 5.92. The Labute approximate surface area is 205 Å². The first-order valence-corrected chi connectivity index (χ1v) is 11.2. The minimum absolute atomic E-state index is 0.270. The summed E-state index contributed by atoms with van der Waals surface area (Å²) in [5.74, 6) is -1.16. The van der Waals surface area contributed by atoms with E-state index in [0.717, 1.165) is 29.1 Å². The highest BCUT2D eigenvalue weighted by Gasteiger charge is 2.35. The van der Waals surface area contributed by atoms with Gasteiger partial charge in [0.05, 0.1) is 28.2 Å². The van der Waals surface area contributed by atoms with E-state index in [1.807, 2.05) is 48.5 Å². The van der Waals surface area contributed by atoms with Crippen LogP contribution in [0.1, 0.15) is 31.8 Å². The van der Waals surface area contributed by atoms with Gasteiger partial charge in [-0.25, -0.2) is 0 Å². The van der Waals surface area contributed by atoms with Crippen LogP contribution >= 0.6 is 0 Å². The SMILES string of the molecule is O=C(Nc1ccc(C(=O)N2c3ccccc3CNc3ccccc32)cc1)c1ccccc1C(F)(F)F. The van der Waals surface area contributed by atoms with Crippen molar-refractivity contribution in [2.24, 2.45) is 0 Å². The van der Waals surface area contributed by atoms with Crippen LogP contribution in [0.4, 0.5) is 35.9 Å². The fourth-order valence-electron chi connectivity index (χ4n) is 4.19. The van der Waals surface area contributed by atoms with Gasteiger partial charge >= 0.3 is 6.18 Å². The molecule has 2 N–H and O–H groups in total. The quantitative estimate of drug-likeness (QED) is 0.332. The molecule has 0 saturated carbocycles. The van der Waals surface area contributed by atoms with Gasteiger partial charge in [0, 0.05) is 17.8 Å². The van der Waals surface area contributed by atoms with Gasteiger partial charge < -0.3 is 10.6 Å². The van der Waals surface area contributed by atoms with E-state index in [-0.39, 0.29) is 11.6 Å². The zero-order valence-corrected chi connectivity index (χ0v) is 18.8. The van der Waals surface area contributed by atoms with Gasteiger partial charge in [0.2, 0.25) is 0 Å². The molecule has 0 aliphatic carbocycles. The Bertz CT molecular complexity index is 1400. The summed E-state index contributed by atoms with van der Waals surface area (Å²) < 4.78 is 39.8. The minimum Gasteiger partial charge on any atom is -0.379 e. The van der Waals surface area contributed by atoms with Crippen molar-refractivity contribution in [2.75, 3.05) is 15.5 Å². The van der Waals surface area contributed by atoms with Crippen molar-refractivity contribution in [3.8, 4) is 0 Å². The number of alkyl halides is 3. The van der Waals surface area contributed by atoms with Crippen LogP contribution < -0.4 is 15.5 Å². The van der Waals surface area contributed by atoms with Gasteiger partial charge in [-0.3, -0.25) is 14.5 Å². The molecule has 180 valence electrons. The maximum absolute atomic E-state index is 13.7. The molecular weight excluding hydrogens is 467 g/mol. The highest BCUT2D eigenvalue weighted by molar-refractivity contribution is 6.13. The van der Waals surface area contributed by atoms with Crippen LogP contribution in [-0.4, -0.2) is 11.8 Å². The van der Waals surface area contributed by atoms with E-state index >= 15 is 0 Å². The number of halogens is 3. The van der Waals surface area contributed by atoms with Crippen molar-refractivity contribution in [1.82, 2.24) is 0 Å². The maximum atomic E-state index is 13.7. The van der Waals surface area contributed by atoms with Crippen LogP contribution in [-0.2, 0) is 12.7 Å². The van der Waals surface area contributed by atoms with Crippen LogP contribution in [0, 0.1) is 0 Å². The molecule has 0 unspecified atom stereocenters. The molecule has 5 rings (SSSR count). The predicted octanol–water partition coefficient (Wildman–Crippen LogP) is 6.86. The summed E-state index contributed by atoms with van der Waals surface area (Å²) in [6, 6.07) is 25.8. The molecule has 0 fully saturated rings.